The Balaban J connectivity index is 1.40. The van der Waals surface area contributed by atoms with E-state index in [1.165, 1.54) is 18.9 Å². The zero-order chi connectivity index (χ0) is 29.5. The SMILES string of the molecule is COc1cc(-c2ccc(C=C3SC(Nc4ccc(C(CCCC(C)C)C(=O)O)cc4)=NC3=O)cc2)cc(CO)c1O. The number of thioether (sulfide) groups is 1. The summed E-state index contributed by atoms with van der Waals surface area (Å²) in [5, 5.41) is 33.0. The third-order valence-electron chi connectivity index (χ3n) is 6.84. The summed E-state index contributed by atoms with van der Waals surface area (Å²) >= 11 is 1.23. The van der Waals surface area contributed by atoms with Crippen LogP contribution in [0.1, 0.15) is 55.7 Å². The van der Waals surface area contributed by atoms with Crippen LogP contribution in [0.5, 0.6) is 11.5 Å². The molecular formula is C32H34N2O6S. The molecule has 8 nitrogen and oxygen atoms in total. The summed E-state index contributed by atoms with van der Waals surface area (Å²) in [5.74, 6) is -0.977. The lowest BCUT2D eigenvalue weighted by Gasteiger charge is -2.14. The molecule has 1 unspecified atom stereocenters. The van der Waals surface area contributed by atoms with E-state index in [0.29, 0.717) is 28.0 Å². The number of amides is 1. The normalized spacial score (nSPS) is 14.8. The third kappa shape index (κ3) is 7.56. The smallest absolute Gasteiger partial charge is 0.310 e. The number of ether oxygens (including phenoxy) is 1. The molecule has 41 heavy (non-hydrogen) atoms. The van der Waals surface area contributed by atoms with Gasteiger partial charge in [-0.25, -0.2) is 0 Å². The van der Waals surface area contributed by atoms with E-state index >= 15 is 0 Å². The Bertz CT molecular complexity index is 1440. The Morgan fingerprint density at radius 3 is 2.37 bits per heavy atom. The van der Waals surface area contributed by atoms with Gasteiger partial charge in [0, 0.05) is 11.3 Å². The third-order valence-corrected chi connectivity index (χ3v) is 7.74. The molecule has 1 atom stereocenters. The number of hydrogen-bond acceptors (Lipinski definition) is 7. The number of nitrogens with zero attached hydrogens (tertiary/aromatic N) is 1. The molecule has 1 aliphatic rings. The minimum atomic E-state index is -0.823. The van der Waals surface area contributed by atoms with Crippen molar-refractivity contribution in [3.8, 4) is 22.6 Å². The van der Waals surface area contributed by atoms with Crippen molar-refractivity contribution in [3.63, 3.8) is 0 Å². The summed E-state index contributed by atoms with van der Waals surface area (Å²) in [7, 11) is 1.45. The lowest BCUT2D eigenvalue weighted by molar-refractivity contribution is -0.139. The van der Waals surface area contributed by atoms with Crippen molar-refractivity contribution in [2.45, 2.75) is 45.6 Å². The summed E-state index contributed by atoms with van der Waals surface area (Å²) in [6, 6.07) is 18.2. The number of rotatable bonds is 11. The minimum absolute atomic E-state index is 0.0845. The Hall–Kier alpha value is -4.08. The first-order chi connectivity index (χ1) is 19.7. The largest absolute Gasteiger partial charge is 0.504 e. The molecule has 0 spiro atoms. The van der Waals surface area contributed by atoms with Crippen LogP contribution in [0.2, 0.25) is 0 Å². The van der Waals surface area contributed by atoms with Crippen molar-refractivity contribution < 1.29 is 29.6 Å². The maximum absolute atomic E-state index is 12.6. The molecule has 0 aliphatic carbocycles. The molecule has 1 heterocycles. The number of carbonyl (C=O) groups is 2. The van der Waals surface area contributed by atoms with Crippen LogP contribution in [0, 0.1) is 5.92 Å². The standard InChI is InChI=1S/C32H34N2O6S/c1-19(2)5-4-6-26(31(38)39)22-11-13-25(14-12-22)33-32-34-30(37)28(41-32)15-20-7-9-21(10-8-20)23-16-24(18-35)29(36)27(17-23)40-3/h7-17,19,26,35-36H,4-6,18H2,1-3H3,(H,38,39)(H,33,34,37). The number of aliphatic carboxylic acids is 1. The number of carbonyl (C=O) groups excluding carboxylic acids is 1. The second-order valence-corrected chi connectivity index (χ2v) is 11.3. The van der Waals surface area contributed by atoms with Crippen molar-refractivity contribution in [1.29, 1.82) is 0 Å². The Kier molecular flexibility index (Phi) is 9.86. The number of methoxy groups -OCH3 is 1. The summed E-state index contributed by atoms with van der Waals surface area (Å²) in [6.45, 7) is 3.95. The van der Waals surface area contributed by atoms with E-state index in [1.54, 1.807) is 18.2 Å². The maximum atomic E-state index is 12.6. The Morgan fingerprint density at radius 2 is 1.76 bits per heavy atom. The molecule has 1 aliphatic heterocycles. The number of carboxylic acid groups (broad SMARTS) is 1. The number of aliphatic hydroxyl groups excluding tert-OH is 1. The number of aromatic hydroxyl groups is 1. The number of benzene rings is 3. The zero-order valence-corrected chi connectivity index (χ0v) is 24.1. The van der Waals surface area contributed by atoms with E-state index < -0.39 is 11.9 Å². The first kappa shape index (κ1) is 29.9. The predicted molar refractivity (Wildman–Crippen MR) is 163 cm³/mol. The number of amidine groups is 1. The fraction of sp³-hybridized carbons (Fsp3) is 0.281. The van der Waals surface area contributed by atoms with Crippen LogP contribution < -0.4 is 10.1 Å². The van der Waals surface area contributed by atoms with Gasteiger partial charge in [0.2, 0.25) is 0 Å². The summed E-state index contributed by atoms with van der Waals surface area (Å²) in [5.41, 5.74) is 4.30. The average molecular weight is 575 g/mol. The molecule has 0 fully saturated rings. The molecule has 4 rings (SSSR count). The number of aliphatic imine (C=N–C) groups is 1. The van der Waals surface area contributed by atoms with E-state index in [2.05, 4.69) is 24.2 Å². The van der Waals surface area contributed by atoms with Crippen LogP contribution in [-0.4, -0.2) is 39.5 Å². The monoisotopic (exact) mass is 574 g/mol. The lowest BCUT2D eigenvalue weighted by atomic mass is 9.92. The van der Waals surface area contributed by atoms with Gasteiger partial charge in [0.25, 0.3) is 5.91 Å². The molecule has 0 saturated carbocycles. The van der Waals surface area contributed by atoms with Gasteiger partial charge in [0.15, 0.2) is 16.7 Å². The van der Waals surface area contributed by atoms with Gasteiger partial charge in [-0.3, -0.25) is 9.59 Å². The van der Waals surface area contributed by atoms with Gasteiger partial charge in [-0.05, 0) is 76.7 Å². The first-order valence-corrected chi connectivity index (χ1v) is 14.2. The van der Waals surface area contributed by atoms with E-state index in [0.717, 1.165) is 40.8 Å². The number of aliphatic hydroxyl groups is 1. The van der Waals surface area contributed by atoms with Crippen LogP contribution in [0.25, 0.3) is 17.2 Å². The highest BCUT2D eigenvalue weighted by Gasteiger charge is 2.23. The van der Waals surface area contributed by atoms with Crippen LogP contribution >= 0.6 is 11.8 Å². The molecule has 0 bridgehead atoms. The van der Waals surface area contributed by atoms with Gasteiger partial charge in [0.1, 0.15) is 0 Å². The highest BCUT2D eigenvalue weighted by atomic mass is 32.2. The number of phenols is 1. The van der Waals surface area contributed by atoms with Crippen LogP contribution in [0.4, 0.5) is 5.69 Å². The molecule has 0 saturated heterocycles. The van der Waals surface area contributed by atoms with Gasteiger partial charge in [-0.15, -0.1) is 0 Å². The fourth-order valence-electron chi connectivity index (χ4n) is 4.58. The molecule has 0 radical (unpaired) electrons. The number of anilines is 1. The highest BCUT2D eigenvalue weighted by Crippen LogP contribution is 2.36. The minimum Gasteiger partial charge on any atom is -0.504 e. The second-order valence-electron chi connectivity index (χ2n) is 10.3. The fourth-order valence-corrected chi connectivity index (χ4v) is 5.41. The van der Waals surface area contributed by atoms with Gasteiger partial charge in [-0.1, -0.05) is 63.1 Å². The summed E-state index contributed by atoms with van der Waals surface area (Å²) in [6.07, 6.45) is 4.22. The number of carboxylic acids is 1. The summed E-state index contributed by atoms with van der Waals surface area (Å²) in [4.78, 5) is 29.0. The lowest BCUT2D eigenvalue weighted by Crippen LogP contribution is -2.12. The first-order valence-electron chi connectivity index (χ1n) is 13.4. The molecule has 4 N–H and O–H groups in total. The molecule has 3 aromatic rings. The van der Waals surface area contributed by atoms with Crippen molar-refractivity contribution in [1.82, 2.24) is 0 Å². The Morgan fingerprint density at radius 1 is 1.05 bits per heavy atom. The van der Waals surface area contributed by atoms with Crippen LogP contribution in [0.3, 0.4) is 0 Å². The van der Waals surface area contributed by atoms with E-state index in [-0.39, 0.29) is 24.0 Å². The van der Waals surface area contributed by atoms with E-state index in [1.807, 2.05) is 48.5 Å². The van der Waals surface area contributed by atoms with Crippen molar-refractivity contribution >= 4 is 40.6 Å². The van der Waals surface area contributed by atoms with Crippen molar-refractivity contribution in [2.75, 3.05) is 12.4 Å². The van der Waals surface area contributed by atoms with Crippen molar-refractivity contribution in [3.05, 3.63) is 82.3 Å². The van der Waals surface area contributed by atoms with E-state index in [9.17, 15) is 24.9 Å². The molecule has 214 valence electrons. The van der Waals surface area contributed by atoms with Crippen LogP contribution in [0.15, 0.2) is 70.6 Å². The molecule has 0 aromatic heterocycles. The second kappa shape index (κ2) is 13.5. The highest BCUT2D eigenvalue weighted by molar-refractivity contribution is 8.18. The van der Waals surface area contributed by atoms with E-state index in [4.69, 9.17) is 4.74 Å². The Labute approximate surface area is 243 Å². The van der Waals surface area contributed by atoms with Crippen molar-refractivity contribution in [2.24, 2.45) is 10.9 Å². The van der Waals surface area contributed by atoms with Gasteiger partial charge in [-0.2, -0.15) is 4.99 Å². The molecule has 1 amide bonds. The topological polar surface area (TPSA) is 128 Å². The van der Waals surface area contributed by atoms with Gasteiger partial charge >= 0.3 is 5.97 Å². The predicted octanol–water partition coefficient (Wildman–Crippen LogP) is 6.64. The summed E-state index contributed by atoms with van der Waals surface area (Å²) < 4.78 is 5.22. The number of hydrogen-bond donors (Lipinski definition) is 4. The average Bonchev–Trinajstić information content (AvgIpc) is 3.29. The molecular weight excluding hydrogens is 540 g/mol. The maximum Gasteiger partial charge on any atom is 0.310 e. The number of nitrogens with one attached hydrogen (secondary N) is 1. The quantitative estimate of drug-likeness (QED) is 0.188. The van der Waals surface area contributed by atoms with Gasteiger partial charge in [0.05, 0.1) is 24.5 Å². The van der Waals surface area contributed by atoms with Crippen LogP contribution in [-0.2, 0) is 16.2 Å². The van der Waals surface area contributed by atoms with Gasteiger partial charge < -0.3 is 25.4 Å². The molecule has 9 heteroatoms. The molecule has 3 aromatic carbocycles. The zero-order valence-electron chi connectivity index (χ0n) is 23.3.